The molecule has 4 heteroatoms. The molecule has 0 atom stereocenters. The molecule has 0 saturated carbocycles. The van der Waals surface area contributed by atoms with E-state index in [2.05, 4.69) is 34.6 Å². The Balaban J connectivity index is 1.51. The van der Waals surface area contributed by atoms with Crippen molar-refractivity contribution in [3.8, 4) is 17.6 Å². The van der Waals surface area contributed by atoms with Gasteiger partial charge in [0.15, 0.2) is 0 Å². The Labute approximate surface area is 174 Å². The van der Waals surface area contributed by atoms with Crippen molar-refractivity contribution in [2.75, 3.05) is 5.32 Å². The van der Waals surface area contributed by atoms with Gasteiger partial charge in [-0.2, -0.15) is 5.26 Å². The van der Waals surface area contributed by atoms with E-state index in [0.29, 0.717) is 5.56 Å². The first-order chi connectivity index (χ1) is 14.8. The van der Waals surface area contributed by atoms with Crippen LogP contribution in [0.3, 0.4) is 0 Å². The number of pyridine rings is 1. The number of hydrogen-bond donors (Lipinski definition) is 1. The van der Waals surface area contributed by atoms with Crippen molar-refractivity contribution >= 4 is 33.1 Å². The highest BCUT2D eigenvalue weighted by Gasteiger charge is 2.11. The van der Waals surface area contributed by atoms with Crippen LogP contribution in [0.5, 0.6) is 11.5 Å². The summed E-state index contributed by atoms with van der Waals surface area (Å²) >= 11 is 0. The average Bonchev–Trinajstić information content (AvgIpc) is 2.81. The molecule has 5 rings (SSSR count). The summed E-state index contributed by atoms with van der Waals surface area (Å²) in [5.41, 5.74) is 3.00. The third kappa shape index (κ3) is 3.30. The topological polar surface area (TPSA) is 57.9 Å². The Bertz CT molecular complexity index is 1390. The molecule has 1 heterocycles. The molecule has 1 N–H and O–H groups in total. The van der Waals surface area contributed by atoms with Crippen molar-refractivity contribution in [1.82, 2.24) is 4.98 Å². The molecule has 30 heavy (non-hydrogen) atoms. The third-order valence-electron chi connectivity index (χ3n) is 4.99. The normalized spacial score (nSPS) is 10.6. The maximum Gasteiger partial charge on any atom is 0.127 e. The average molecular weight is 387 g/mol. The second-order valence-corrected chi connectivity index (χ2v) is 6.91. The monoisotopic (exact) mass is 387 g/mol. The summed E-state index contributed by atoms with van der Waals surface area (Å²) in [4.78, 5) is 4.56. The minimum atomic E-state index is 0.502. The van der Waals surface area contributed by atoms with Gasteiger partial charge in [-0.15, -0.1) is 0 Å². The minimum absolute atomic E-state index is 0.502. The number of rotatable bonds is 4. The number of fused-ring (bicyclic) bond motifs is 3. The minimum Gasteiger partial charge on any atom is -0.457 e. The highest BCUT2D eigenvalue weighted by atomic mass is 16.5. The molecule has 0 amide bonds. The van der Waals surface area contributed by atoms with E-state index in [0.717, 1.165) is 44.5 Å². The third-order valence-corrected chi connectivity index (χ3v) is 4.99. The zero-order valence-electron chi connectivity index (χ0n) is 16.0. The molecule has 5 aromatic rings. The van der Waals surface area contributed by atoms with Crippen LogP contribution in [0, 0.1) is 11.3 Å². The molecule has 0 saturated heterocycles. The highest BCUT2D eigenvalue weighted by molar-refractivity contribution is 6.10. The van der Waals surface area contributed by atoms with Gasteiger partial charge in [-0.25, -0.2) is 0 Å². The number of aromatic nitrogens is 1. The van der Waals surface area contributed by atoms with Gasteiger partial charge >= 0.3 is 0 Å². The number of para-hydroxylation sites is 1. The van der Waals surface area contributed by atoms with E-state index in [1.165, 1.54) is 0 Å². The Kier molecular flexibility index (Phi) is 4.47. The number of benzene rings is 4. The molecular formula is C26H17N3O. The first-order valence-electron chi connectivity index (χ1n) is 9.62. The van der Waals surface area contributed by atoms with Crippen LogP contribution < -0.4 is 10.1 Å². The number of nitrogens with zero attached hydrogens (tertiary/aromatic N) is 2. The summed E-state index contributed by atoms with van der Waals surface area (Å²) in [5, 5.41) is 16.1. The van der Waals surface area contributed by atoms with Crippen LogP contribution in [-0.4, -0.2) is 4.98 Å². The van der Waals surface area contributed by atoms with Crippen molar-refractivity contribution in [2.24, 2.45) is 0 Å². The van der Waals surface area contributed by atoms with Crippen molar-refractivity contribution in [1.29, 1.82) is 5.26 Å². The number of nitrogens with one attached hydrogen (secondary N) is 1. The lowest BCUT2D eigenvalue weighted by Crippen LogP contribution is -1.97. The largest absolute Gasteiger partial charge is 0.457 e. The molecular weight excluding hydrogens is 370 g/mol. The van der Waals surface area contributed by atoms with Crippen LogP contribution >= 0.6 is 0 Å². The maximum atomic E-state index is 9.63. The van der Waals surface area contributed by atoms with Crippen molar-refractivity contribution < 1.29 is 4.74 Å². The lowest BCUT2D eigenvalue weighted by Gasteiger charge is -2.13. The standard InChI is InChI=1S/C26H17N3O/c27-16-19-17-28-26-23-9-5-4-6-18(23)10-15-24(26)25(19)29-20-11-13-22(14-12-20)30-21-7-2-1-3-8-21/h1-15,17H,(H,28,29). The molecule has 0 bridgehead atoms. The van der Waals surface area contributed by atoms with E-state index in [1.54, 1.807) is 6.20 Å². The van der Waals surface area contributed by atoms with Crippen LogP contribution in [0.4, 0.5) is 11.4 Å². The van der Waals surface area contributed by atoms with Gasteiger partial charge in [-0.05, 0) is 41.8 Å². The molecule has 1 aromatic heterocycles. The van der Waals surface area contributed by atoms with E-state index in [9.17, 15) is 5.26 Å². The lowest BCUT2D eigenvalue weighted by molar-refractivity contribution is 0.483. The summed E-state index contributed by atoms with van der Waals surface area (Å²) in [5.74, 6) is 1.54. The zero-order chi connectivity index (χ0) is 20.3. The van der Waals surface area contributed by atoms with E-state index in [1.807, 2.05) is 72.8 Å². The summed E-state index contributed by atoms with van der Waals surface area (Å²) in [7, 11) is 0. The Morgan fingerprint density at radius 1 is 0.733 bits per heavy atom. The van der Waals surface area contributed by atoms with E-state index >= 15 is 0 Å². The molecule has 0 aliphatic heterocycles. The highest BCUT2D eigenvalue weighted by Crippen LogP contribution is 2.33. The summed E-state index contributed by atoms with van der Waals surface area (Å²) < 4.78 is 5.86. The number of nitriles is 1. The van der Waals surface area contributed by atoms with E-state index in [4.69, 9.17) is 4.74 Å². The van der Waals surface area contributed by atoms with Gasteiger partial charge in [-0.1, -0.05) is 54.6 Å². The van der Waals surface area contributed by atoms with Gasteiger partial charge < -0.3 is 10.1 Å². The molecule has 0 aliphatic carbocycles. The Hall–Kier alpha value is -4.36. The summed E-state index contributed by atoms with van der Waals surface area (Å²) in [6.45, 7) is 0. The first kappa shape index (κ1) is 17.7. The van der Waals surface area contributed by atoms with Crippen LogP contribution in [0.2, 0.25) is 0 Å². The first-order valence-corrected chi connectivity index (χ1v) is 9.62. The lowest BCUT2D eigenvalue weighted by atomic mass is 10.0. The van der Waals surface area contributed by atoms with Crippen LogP contribution in [0.1, 0.15) is 5.56 Å². The van der Waals surface area contributed by atoms with Gasteiger partial charge in [0.05, 0.1) is 16.8 Å². The molecule has 0 unspecified atom stereocenters. The molecule has 0 spiro atoms. The van der Waals surface area contributed by atoms with E-state index in [-0.39, 0.29) is 0 Å². The number of hydrogen-bond acceptors (Lipinski definition) is 4. The Morgan fingerprint density at radius 3 is 2.27 bits per heavy atom. The number of ether oxygens (including phenoxy) is 1. The molecule has 0 fully saturated rings. The zero-order valence-corrected chi connectivity index (χ0v) is 16.0. The smallest absolute Gasteiger partial charge is 0.127 e. The maximum absolute atomic E-state index is 9.63. The van der Waals surface area contributed by atoms with Gasteiger partial charge in [0, 0.05) is 22.7 Å². The molecule has 0 aliphatic rings. The molecule has 4 nitrogen and oxygen atoms in total. The predicted octanol–water partition coefficient (Wildman–Crippen LogP) is 6.80. The quantitative estimate of drug-likeness (QED) is 0.345. The fraction of sp³-hybridized carbons (Fsp3) is 0. The van der Waals surface area contributed by atoms with Gasteiger partial charge in [0.25, 0.3) is 0 Å². The SMILES string of the molecule is N#Cc1cnc2c(ccc3ccccc32)c1Nc1ccc(Oc2ccccc2)cc1. The predicted molar refractivity (Wildman–Crippen MR) is 120 cm³/mol. The fourth-order valence-corrected chi connectivity index (χ4v) is 3.53. The summed E-state index contributed by atoms with van der Waals surface area (Å²) in [6, 6.07) is 31.8. The Morgan fingerprint density at radius 2 is 1.47 bits per heavy atom. The summed E-state index contributed by atoms with van der Waals surface area (Å²) in [6.07, 6.45) is 1.63. The number of anilines is 2. The molecule has 142 valence electrons. The second kappa shape index (κ2) is 7.57. The fourth-order valence-electron chi connectivity index (χ4n) is 3.53. The van der Waals surface area contributed by atoms with E-state index < -0.39 is 0 Å². The van der Waals surface area contributed by atoms with Gasteiger partial charge in [-0.3, -0.25) is 4.98 Å². The van der Waals surface area contributed by atoms with Gasteiger partial charge in [0.2, 0.25) is 0 Å². The van der Waals surface area contributed by atoms with Gasteiger partial charge in [0.1, 0.15) is 17.6 Å². The van der Waals surface area contributed by atoms with Crippen LogP contribution in [0.25, 0.3) is 21.7 Å². The van der Waals surface area contributed by atoms with Crippen molar-refractivity contribution in [3.63, 3.8) is 0 Å². The molecule has 0 radical (unpaired) electrons. The van der Waals surface area contributed by atoms with Crippen molar-refractivity contribution in [3.05, 3.63) is 103 Å². The van der Waals surface area contributed by atoms with Crippen LogP contribution in [0.15, 0.2) is 97.2 Å². The second-order valence-electron chi connectivity index (χ2n) is 6.91. The van der Waals surface area contributed by atoms with Crippen molar-refractivity contribution in [2.45, 2.75) is 0 Å². The van der Waals surface area contributed by atoms with Crippen LogP contribution in [-0.2, 0) is 0 Å². The molecule has 4 aromatic carbocycles.